The Morgan fingerprint density at radius 2 is 1.60 bits per heavy atom. The minimum Gasteiger partial charge on any atom is -0.412 e. The van der Waals surface area contributed by atoms with Crippen molar-refractivity contribution in [2.45, 2.75) is 0 Å². The van der Waals surface area contributed by atoms with Crippen LogP contribution in [0.5, 0.6) is 0 Å². The number of nitrogens with one attached hydrogen (secondary N) is 1. The average molecular weight is 336 g/mol. The van der Waals surface area contributed by atoms with Crippen molar-refractivity contribution in [3.63, 3.8) is 0 Å². The molecule has 3 rings (SSSR count). The van der Waals surface area contributed by atoms with Crippen LogP contribution in [0.1, 0.15) is 10.7 Å². The van der Waals surface area contributed by atoms with Crippen LogP contribution in [0.25, 0.3) is 22.6 Å². The molecular formula is C19H20N4O2. The molecule has 0 atom stereocenters. The molecule has 0 fully saturated rings. The van der Waals surface area contributed by atoms with E-state index in [1.807, 2.05) is 61.5 Å². The Kier molecular flexibility index (Phi) is 5.20. The van der Waals surface area contributed by atoms with E-state index in [0.717, 1.165) is 23.2 Å². The predicted molar refractivity (Wildman–Crippen MR) is 96.1 cm³/mol. The number of carbonyl (C=O) groups excluding carboxylic acids is 1. The Bertz CT molecular complexity index is 826. The molecule has 128 valence electrons. The quantitative estimate of drug-likeness (QED) is 0.749. The third kappa shape index (κ3) is 4.30. The maximum absolute atomic E-state index is 12.0. The number of benzene rings is 2. The van der Waals surface area contributed by atoms with E-state index in [9.17, 15) is 4.79 Å². The Morgan fingerprint density at radius 1 is 0.960 bits per heavy atom. The van der Waals surface area contributed by atoms with Gasteiger partial charge in [-0.25, -0.2) is 0 Å². The fraction of sp³-hybridized carbons (Fsp3) is 0.211. The maximum Gasteiger partial charge on any atom is 0.308 e. The van der Waals surface area contributed by atoms with Crippen molar-refractivity contribution in [3.8, 4) is 22.6 Å². The van der Waals surface area contributed by atoms with Gasteiger partial charge in [0.05, 0.1) is 0 Å². The van der Waals surface area contributed by atoms with Crippen molar-refractivity contribution in [1.82, 2.24) is 20.4 Å². The fourth-order valence-electron chi connectivity index (χ4n) is 2.34. The van der Waals surface area contributed by atoms with Gasteiger partial charge in [-0.2, -0.15) is 0 Å². The molecule has 1 amide bonds. The molecule has 6 heteroatoms. The summed E-state index contributed by atoms with van der Waals surface area (Å²) in [6.45, 7) is 1.27. The summed E-state index contributed by atoms with van der Waals surface area (Å²) >= 11 is 0. The van der Waals surface area contributed by atoms with Gasteiger partial charge in [-0.3, -0.25) is 4.79 Å². The SMILES string of the molecule is CN(C)CCNC(=O)c1nnc(-c2ccc(-c3ccccc3)cc2)o1. The number of likely N-dealkylation sites (N-methyl/N-ethyl adjacent to an activating group) is 1. The predicted octanol–water partition coefficient (Wildman–Crippen LogP) is 2.70. The molecular weight excluding hydrogens is 316 g/mol. The van der Waals surface area contributed by atoms with Gasteiger partial charge in [0, 0.05) is 18.7 Å². The number of aromatic nitrogens is 2. The van der Waals surface area contributed by atoms with Crippen LogP contribution in [0.2, 0.25) is 0 Å². The van der Waals surface area contributed by atoms with Gasteiger partial charge in [0.15, 0.2) is 0 Å². The molecule has 0 aliphatic rings. The van der Waals surface area contributed by atoms with Gasteiger partial charge in [0.2, 0.25) is 5.89 Å². The Balaban J connectivity index is 1.69. The molecule has 1 N–H and O–H groups in total. The molecule has 0 radical (unpaired) electrons. The first kappa shape index (κ1) is 16.9. The third-order valence-electron chi connectivity index (χ3n) is 3.70. The highest BCUT2D eigenvalue weighted by Gasteiger charge is 2.15. The molecule has 0 aliphatic heterocycles. The Morgan fingerprint density at radius 3 is 2.28 bits per heavy atom. The molecule has 2 aromatic carbocycles. The monoisotopic (exact) mass is 336 g/mol. The van der Waals surface area contributed by atoms with E-state index < -0.39 is 0 Å². The molecule has 3 aromatic rings. The molecule has 25 heavy (non-hydrogen) atoms. The summed E-state index contributed by atoms with van der Waals surface area (Å²) in [6, 6.07) is 17.9. The highest BCUT2D eigenvalue weighted by molar-refractivity contribution is 5.89. The van der Waals surface area contributed by atoms with Crippen LogP contribution in [0.4, 0.5) is 0 Å². The third-order valence-corrected chi connectivity index (χ3v) is 3.70. The van der Waals surface area contributed by atoms with Crippen LogP contribution in [0, 0.1) is 0 Å². The zero-order valence-corrected chi connectivity index (χ0v) is 14.3. The van der Waals surface area contributed by atoms with E-state index in [4.69, 9.17) is 4.42 Å². The Hall–Kier alpha value is -2.99. The number of hydrogen-bond donors (Lipinski definition) is 1. The Labute approximate surface area is 146 Å². The van der Waals surface area contributed by atoms with Crippen molar-refractivity contribution < 1.29 is 9.21 Å². The van der Waals surface area contributed by atoms with Crippen molar-refractivity contribution in [2.24, 2.45) is 0 Å². The zero-order chi connectivity index (χ0) is 17.6. The lowest BCUT2D eigenvalue weighted by Gasteiger charge is -2.08. The van der Waals surface area contributed by atoms with E-state index in [-0.39, 0.29) is 11.8 Å². The summed E-state index contributed by atoms with van der Waals surface area (Å²) in [5.41, 5.74) is 3.02. The molecule has 0 aliphatic carbocycles. The van der Waals surface area contributed by atoms with Crippen LogP contribution in [0.15, 0.2) is 59.0 Å². The number of rotatable bonds is 6. The molecule has 6 nitrogen and oxygen atoms in total. The first-order chi connectivity index (χ1) is 12.1. The van der Waals surface area contributed by atoms with Crippen molar-refractivity contribution in [2.75, 3.05) is 27.2 Å². The second kappa shape index (κ2) is 7.72. The second-order valence-electron chi connectivity index (χ2n) is 5.91. The van der Waals surface area contributed by atoms with Crippen molar-refractivity contribution in [3.05, 3.63) is 60.5 Å². The summed E-state index contributed by atoms with van der Waals surface area (Å²) in [7, 11) is 3.88. The molecule has 0 spiro atoms. The molecule has 1 heterocycles. The highest BCUT2D eigenvalue weighted by atomic mass is 16.4. The van der Waals surface area contributed by atoms with Crippen LogP contribution in [-0.2, 0) is 0 Å². The molecule has 0 bridgehead atoms. The van der Waals surface area contributed by atoms with Gasteiger partial charge in [-0.05, 0) is 37.4 Å². The van der Waals surface area contributed by atoms with Crippen LogP contribution in [0.3, 0.4) is 0 Å². The summed E-state index contributed by atoms with van der Waals surface area (Å²) < 4.78 is 5.49. The van der Waals surface area contributed by atoms with Gasteiger partial charge in [-0.1, -0.05) is 42.5 Å². The van der Waals surface area contributed by atoms with Gasteiger partial charge in [-0.15, -0.1) is 10.2 Å². The zero-order valence-electron chi connectivity index (χ0n) is 14.3. The number of nitrogens with zero attached hydrogens (tertiary/aromatic N) is 3. The fourth-order valence-corrected chi connectivity index (χ4v) is 2.34. The number of hydrogen-bond acceptors (Lipinski definition) is 5. The lowest BCUT2D eigenvalue weighted by atomic mass is 10.0. The summed E-state index contributed by atoms with van der Waals surface area (Å²) in [5.74, 6) is -0.0558. The lowest BCUT2D eigenvalue weighted by Crippen LogP contribution is -2.31. The minimum atomic E-state index is -0.360. The minimum absolute atomic E-state index is 0.0270. The largest absolute Gasteiger partial charge is 0.412 e. The topological polar surface area (TPSA) is 71.3 Å². The molecule has 0 saturated carbocycles. The molecule has 0 unspecified atom stereocenters. The van der Waals surface area contributed by atoms with E-state index in [0.29, 0.717) is 12.4 Å². The highest BCUT2D eigenvalue weighted by Crippen LogP contribution is 2.23. The van der Waals surface area contributed by atoms with Gasteiger partial charge < -0.3 is 14.6 Å². The van der Waals surface area contributed by atoms with Crippen LogP contribution < -0.4 is 5.32 Å². The second-order valence-corrected chi connectivity index (χ2v) is 5.91. The van der Waals surface area contributed by atoms with E-state index in [1.54, 1.807) is 0 Å². The van der Waals surface area contributed by atoms with Gasteiger partial charge in [0.1, 0.15) is 0 Å². The average Bonchev–Trinajstić information content (AvgIpc) is 3.12. The van der Waals surface area contributed by atoms with Crippen LogP contribution in [-0.4, -0.2) is 48.2 Å². The standard InChI is InChI=1S/C19H20N4O2/c1-23(2)13-12-20-17(24)19-22-21-18(25-19)16-10-8-15(9-11-16)14-6-4-3-5-7-14/h3-11H,12-13H2,1-2H3,(H,20,24). The lowest BCUT2D eigenvalue weighted by molar-refractivity contribution is 0.0917. The normalized spacial score (nSPS) is 10.8. The molecule has 0 saturated heterocycles. The molecule has 1 aromatic heterocycles. The maximum atomic E-state index is 12.0. The number of carbonyl (C=O) groups is 1. The summed E-state index contributed by atoms with van der Waals surface area (Å²) in [6.07, 6.45) is 0. The first-order valence-corrected chi connectivity index (χ1v) is 8.06. The van der Waals surface area contributed by atoms with E-state index in [1.165, 1.54) is 0 Å². The van der Waals surface area contributed by atoms with Crippen molar-refractivity contribution >= 4 is 5.91 Å². The van der Waals surface area contributed by atoms with Crippen molar-refractivity contribution in [1.29, 1.82) is 0 Å². The summed E-state index contributed by atoms with van der Waals surface area (Å²) in [4.78, 5) is 14.0. The van der Waals surface area contributed by atoms with E-state index >= 15 is 0 Å². The first-order valence-electron chi connectivity index (χ1n) is 8.06. The number of amides is 1. The van der Waals surface area contributed by atoms with E-state index in [2.05, 4.69) is 27.6 Å². The van der Waals surface area contributed by atoms with Crippen LogP contribution >= 0.6 is 0 Å². The summed E-state index contributed by atoms with van der Waals surface area (Å²) in [5, 5.41) is 10.5. The van der Waals surface area contributed by atoms with Gasteiger partial charge in [0.25, 0.3) is 0 Å². The smallest absolute Gasteiger partial charge is 0.308 e. The van der Waals surface area contributed by atoms with Gasteiger partial charge >= 0.3 is 11.8 Å².